The minimum absolute atomic E-state index is 0.0379. The van der Waals surface area contributed by atoms with Crippen LogP contribution in [-0.4, -0.2) is 17.6 Å². The zero-order valence-corrected chi connectivity index (χ0v) is 11.1. The lowest BCUT2D eigenvalue weighted by Gasteiger charge is -2.27. The maximum atomic E-state index is 5.95. The molecule has 0 unspecified atom stereocenters. The highest BCUT2D eigenvalue weighted by Gasteiger charge is 2.10. The summed E-state index contributed by atoms with van der Waals surface area (Å²) in [5, 5.41) is 0. The molecule has 1 atom stereocenters. The van der Waals surface area contributed by atoms with E-state index in [4.69, 9.17) is 5.73 Å². The highest BCUT2D eigenvalue weighted by molar-refractivity contribution is 5.46. The van der Waals surface area contributed by atoms with Gasteiger partial charge in [0.05, 0.1) is 17.6 Å². The van der Waals surface area contributed by atoms with E-state index in [0.29, 0.717) is 6.04 Å². The van der Waals surface area contributed by atoms with Gasteiger partial charge in [-0.05, 0) is 32.4 Å². The van der Waals surface area contributed by atoms with Crippen molar-refractivity contribution in [2.24, 2.45) is 5.73 Å². The van der Waals surface area contributed by atoms with Crippen molar-refractivity contribution in [3.05, 3.63) is 36.7 Å². The summed E-state index contributed by atoms with van der Waals surface area (Å²) in [5.74, 6) is 0. The van der Waals surface area contributed by atoms with Crippen molar-refractivity contribution in [3.63, 3.8) is 0 Å². The van der Waals surface area contributed by atoms with Crippen LogP contribution in [0, 0.1) is 0 Å². The van der Waals surface area contributed by atoms with E-state index < -0.39 is 0 Å². The van der Waals surface area contributed by atoms with Crippen LogP contribution >= 0.6 is 0 Å². The van der Waals surface area contributed by atoms with Crippen molar-refractivity contribution in [3.8, 4) is 0 Å². The van der Waals surface area contributed by atoms with Crippen LogP contribution in [0.2, 0.25) is 0 Å². The molecule has 1 aromatic heterocycles. The van der Waals surface area contributed by atoms with E-state index in [1.165, 1.54) is 0 Å². The van der Waals surface area contributed by atoms with E-state index >= 15 is 0 Å². The standard InChI is InChI=1S/C14H23N3/c1-5-9-17(11(3)4)12-7-8-14(16-10-12)13(15)6-2/h5,7-8,10-11,13H,1,6,9,15H2,2-4H3/t13-/m1/s1. The van der Waals surface area contributed by atoms with Crippen LogP contribution in [0.25, 0.3) is 0 Å². The van der Waals surface area contributed by atoms with Gasteiger partial charge in [0.1, 0.15) is 0 Å². The summed E-state index contributed by atoms with van der Waals surface area (Å²) >= 11 is 0. The second-order valence-corrected chi connectivity index (χ2v) is 4.49. The van der Waals surface area contributed by atoms with E-state index in [9.17, 15) is 0 Å². The van der Waals surface area contributed by atoms with Crippen molar-refractivity contribution < 1.29 is 0 Å². The number of aromatic nitrogens is 1. The molecule has 0 amide bonds. The molecule has 2 N–H and O–H groups in total. The Morgan fingerprint density at radius 1 is 1.47 bits per heavy atom. The van der Waals surface area contributed by atoms with Gasteiger partial charge in [-0.1, -0.05) is 13.0 Å². The van der Waals surface area contributed by atoms with Crippen LogP contribution in [-0.2, 0) is 0 Å². The van der Waals surface area contributed by atoms with Gasteiger partial charge in [0.2, 0.25) is 0 Å². The molecule has 3 nitrogen and oxygen atoms in total. The number of pyridine rings is 1. The average molecular weight is 233 g/mol. The average Bonchev–Trinajstić information content (AvgIpc) is 2.35. The first-order chi connectivity index (χ1) is 8.10. The quantitative estimate of drug-likeness (QED) is 0.768. The lowest BCUT2D eigenvalue weighted by molar-refractivity contribution is 0.672. The maximum Gasteiger partial charge on any atom is 0.0572 e. The van der Waals surface area contributed by atoms with Crippen LogP contribution < -0.4 is 10.6 Å². The van der Waals surface area contributed by atoms with E-state index in [2.05, 4.69) is 43.3 Å². The van der Waals surface area contributed by atoms with Gasteiger partial charge in [0, 0.05) is 18.6 Å². The summed E-state index contributed by atoms with van der Waals surface area (Å²) in [6.07, 6.45) is 4.72. The Kier molecular flexibility index (Phi) is 5.16. The molecule has 0 aromatic carbocycles. The summed E-state index contributed by atoms with van der Waals surface area (Å²) in [7, 11) is 0. The predicted octanol–water partition coefficient (Wildman–Crippen LogP) is 2.89. The van der Waals surface area contributed by atoms with Gasteiger partial charge in [-0.15, -0.1) is 6.58 Å². The van der Waals surface area contributed by atoms with E-state index in [1.54, 1.807) is 0 Å². The summed E-state index contributed by atoms with van der Waals surface area (Å²) in [6, 6.07) is 4.57. The molecule has 94 valence electrons. The number of nitrogens with two attached hydrogens (primary N) is 1. The fourth-order valence-corrected chi connectivity index (χ4v) is 1.75. The minimum Gasteiger partial charge on any atom is -0.364 e. The zero-order valence-electron chi connectivity index (χ0n) is 11.1. The van der Waals surface area contributed by atoms with Gasteiger partial charge in [0.25, 0.3) is 0 Å². The fourth-order valence-electron chi connectivity index (χ4n) is 1.75. The van der Waals surface area contributed by atoms with Crippen LogP contribution in [0.1, 0.15) is 38.9 Å². The Morgan fingerprint density at radius 2 is 2.18 bits per heavy atom. The van der Waals surface area contributed by atoms with Gasteiger partial charge in [-0.25, -0.2) is 0 Å². The van der Waals surface area contributed by atoms with Gasteiger partial charge in [-0.2, -0.15) is 0 Å². The molecule has 1 heterocycles. The van der Waals surface area contributed by atoms with E-state index in [0.717, 1.165) is 24.3 Å². The second kappa shape index (κ2) is 6.40. The highest BCUT2D eigenvalue weighted by Crippen LogP contribution is 2.18. The topological polar surface area (TPSA) is 42.1 Å². The molecule has 0 saturated carbocycles. The van der Waals surface area contributed by atoms with Crippen molar-refractivity contribution in [1.29, 1.82) is 0 Å². The largest absolute Gasteiger partial charge is 0.364 e. The monoisotopic (exact) mass is 233 g/mol. The predicted molar refractivity (Wildman–Crippen MR) is 74.1 cm³/mol. The lowest BCUT2D eigenvalue weighted by atomic mass is 10.1. The van der Waals surface area contributed by atoms with Crippen LogP contribution in [0.5, 0.6) is 0 Å². The number of hydrogen-bond acceptors (Lipinski definition) is 3. The maximum absolute atomic E-state index is 5.95. The van der Waals surface area contributed by atoms with Gasteiger partial charge in [-0.3, -0.25) is 4.98 Å². The molecule has 17 heavy (non-hydrogen) atoms. The Balaban J connectivity index is 2.87. The molecule has 0 aliphatic heterocycles. The lowest BCUT2D eigenvalue weighted by Crippen LogP contribution is -2.30. The van der Waals surface area contributed by atoms with Crippen molar-refractivity contribution in [2.75, 3.05) is 11.4 Å². The highest BCUT2D eigenvalue weighted by atomic mass is 15.2. The Hall–Kier alpha value is -1.35. The van der Waals surface area contributed by atoms with Crippen LogP contribution in [0.3, 0.4) is 0 Å². The van der Waals surface area contributed by atoms with Crippen LogP contribution in [0.4, 0.5) is 5.69 Å². The summed E-state index contributed by atoms with van der Waals surface area (Å²) in [6.45, 7) is 11.0. The first-order valence-corrected chi connectivity index (χ1v) is 6.19. The van der Waals surface area contributed by atoms with Crippen molar-refractivity contribution in [1.82, 2.24) is 4.98 Å². The molecule has 0 spiro atoms. The molecule has 1 rings (SSSR count). The molecule has 1 aromatic rings. The first kappa shape index (κ1) is 13.7. The molecule has 0 radical (unpaired) electrons. The third-order valence-electron chi connectivity index (χ3n) is 2.87. The van der Waals surface area contributed by atoms with Crippen molar-refractivity contribution in [2.45, 2.75) is 39.3 Å². The summed E-state index contributed by atoms with van der Waals surface area (Å²) < 4.78 is 0. The SMILES string of the molecule is C=CCN(c1ccc([C@H](N)CC)nc1)C(C)C. The summed E-state index contributed by atoms with van der Waals surface area (Å²) in [5.41, 5.74) is 8.02. The van der Waals surface area contributed by atoms with Gasteiger partial charge >= 0.3 is 0 Å². The molecule has 0 saturated heterocycles. The Morgan fingerprint density at radius 3 is 2.59 bits per heavy atom. The zero-order chi connectivity index (χ0) is 12.8. The molecule has 3 heteroatoms. The Bertz CT molecular complexity index is 343. The molecular weight excluding hydrogens is 210 g/mol. The minimum atomic E-state index is 0.0379. The molecule has 0 aliphatic rings. The molecular formula is C14H23N3. The smallest absolute Gasteiger partial charge is 0.0572 e. The third-order valence-corrected chi connectivity index (χ3v) is 2.87. The van der Waals surface area contributed by atoms with E-state index in [-0.39, 0.29) is 6.04 Å². The van der Waals surface area contributed by atoms with Crippen molar-refractivity contribution >= 4 is 5.69 Å². The molecule has 0 bridgehead atoms. The third kappa shape index (κ3) is 3.56. The summed E-state index contributed by atoms with van der Waals surface area (Å²) in [4.78, 5) is 6.69. The molecule has 0 aliphatic carbocycles. The number of hydrogen-bond donors (Lipinski definition) is 1. The van der Waals surface area contributed by atoms with E-state index in [1.807, 2.05) is 18.3 Å². The number of nitrogens with zero attached hydrogens (tertiary/aromatic N) is 2. The number of anilines is 1. The van der Waals surface area contributed by atoms with Gasteiger partial charge < -0.3 is 10.6 Å². The normalized spacial score (nSPS) is 12.5. The van der Waals surface area contributed by atoms with Gasteiger partial charge in [0.15, 0.2) is 0 Å². The Labute approximate surface area is 104 Å². The second-order valence-electron chi connectivity index (χ2n) is 4.49. The molecule has 0 fully saturated rings. The van der Waals surface area contributed by atoms with Crippen LogP contribution in [0.15, 0.2) is 31.0 Å². The first-order valence-electron chi connectivity index (χ1n) is 6.19. The fraction of sp³-hybridized carbons (Fsp3) is 0.500. The number of rotatable bonds is 6.